The van der Waals surface area contributed by atoms with E-state index < -0.39 is 7.14 Å². The summed E-state index contributed by atoms with van der Waals surface area (Å²) in [5.74, 6) is 1.18. The van der Waals surface area contributed by atoms with Crippen LogP contribution in [-0.4, -0.2) is 44.9 Å². The van der Waals surface area contributed by atoms with Crippen LogP contribution in [0.2, 0.25) is 0 Å². The van der Waals surface area contributed by atoms with Crippen LogP contribution in [0.1, 0.15) is 42.4 Å². The van der Waals surface area contributed by atoms with Crippen molar-refractivity contribution in [3.05, 3.63) is 65.5 Å². The summed E-state index contributed by atoms with van der Waals surface area (Å²) in [6, 6.07) is 14.5. The Hall–Kier alpha value is -3.48. The van der Waals surface area contributed by atoms with Gasteiger partial charge in [0, 0.05) is 29.3 Å². The first-order valence-corrected chi connectivity index (χ1v) is 15.7. The maximum absolute atomic E-state index is 12.4. The molecular formula is C29H36N7OP. The van der Waals surface area contributed by atoms with Crippen molar-refractivity contribution < 1.29 is 4.57 Å². The summed E-state index contributed by atoms with van der Waals surface area (Å²) in [6.07, 6.45) is 9.84. The van der Waals surface area contributed by atoms with Crippen LogP contribution in [0.15, 0.2) is 48.8 Å². The third-order valence-corrected chi connectivity index (χ3v) is 8.76. The molecule has 0 atom stereocenters. The molecule has 38 heavy (non-hydrogen) atoms. The molecule has 0 amide bonds. The van der Waals surface area contributed by atoms with Crippen LogP contribution < -0.4 is 21.7 Å². The van der Waals surface area contributed by atoms with Gasteiger partial charge in [-0.2, -0.15) is 9.97 Å². The first kappa shape index (κ1) is 26.1. The molecule has 9 heteroatoms. The molecule has 2 heterocycles. The van der Waals surface area contributed by atoms with Crippen molar-refractivity contribution in [3.8, 4) is 0 Å². The molecule has 0 spiro atoms. The van der Waals surface area contributed by atoms with Crippen LogP contribution in [-0.2, 0) is 4.57 Å². The molecule has 1 aliphatic carbocycles. The van der Waals surface area contributed by atoms with Gasteiger partial charge < -0.3 is 20.9 Å². The zero-order chi connectivity index (χ0) is 26.9. The van der Waals surface area contributed by atoms with Crippen molar-refractivity contribution in [2.24, 2.45) is 5.73 Å². The second-order valence-corrected chi connectivity index (χ2v) is 13.8. The molecular weight excluding hydrogens is 493 g/mol. The summed E-state index contributed by atoms with van der Waals surface area (Å²) in [6.45, 7) is 7.78. The number of nitrogens with two attached hydrogens (primary N) is 1. The van der Waals surface area contributed by atoms with Gasteiger partial charge in [-0.1, -0.05) is 18.2 Å². The van der Waals surface area contributed by atoms with Gasteiger partial charge in [0.1, 0.15) is 13.5 Å². The molecule has 2 aromatic heterocycles. The van der Waals surface area contributed by atoms with Crippen LogP contribution >= 0.6 is 7.14 Å². The maximum Gasteiger partial charge on any atom is 0.227 e. The Morgan fingerprint density at radius 2 is 1.68 bits per heavy atom. The summed E-state index contributed by atoms with van der Waals surface area (Å²) in [4.78, 5) is 14.4. The molecule has 2 aromatic carbocycles. The summed E-state index contributed by atoms with van der Waals surface area (Å²) in [5, 5.41) is 7.80. The fourth-order valence-electron chi connectivity index (χ4n) is 4.91. The van der Waals surface area contributed by atoms with Crippen molar-refractivity contribution in [2.75, 3.05) is 24.0 Å². The molecule has 0 saturated heterocycles. The number of aromatic nitrogens is 4. The Labute approximate surface area is 224 Å². The Bertz CT molecular complexity index is 1490. The summed E-state index contributed by atoms with van der Waals surface area (Å²) < 4.78 is 14.4. The average molecular weight is 530 g/mol. The van der Waals surface area contributed by atoms with Crippen molar-refractivity contribution in [2.45, 2.75) is 51.6 Å². The number of hydrogen-bond donors (Lipinski definition) is 3. The highest BCUT2D eigenvalue weighted by Gasteiger charge is 2.21. The topological polar surface area (TPSA) is 111 Å². The number of fused-ring (bicyclic) bond motifs is 1. The molecule has 5 rings (SSSR count). The number of rotatable bonds is 7. The normalized spacial score (nSPS) is 18.2. The Balaban J connectivity index is 1.51. The SMILES string of the molecule is Cc1cccc(C)c1C=Cn1cnc2c(Nc3ccc(P(C)(C)=O)cc3)nc(NC3CCC(N)CC3)nc21. The van der Waals surface area contributed by atoms with E-state index >= 15 is 0 Å². The van der Waals surface area contributed by atoms with Crippen LogP contribution in [0.4, 0.5) is 17.5 Å². The summed E-state index contributed by atoms with van der Waals surface area (Å²) in [5.41, 5.74) is 12.0. The number of hydrogen-bond acceptors (Lipinski definition) is 7. The highest BCUT2D eigenvalue weighted by molar-refractivity contribution is 7.70. The number of imidazole rings is 1. The van der Waals surface area contributed by atoms with E-state index in [1.54, 1.807) is 19.7 Å². The number of benzene rings is 2. The molecule has 4 N–H and O–H groups in total. The third-order valence-electron chi connectivity index (χ3n) is 7.22. The van der Waals surface area contributed by atoms with Crippen molar-refractivity contribution >= 4 is 53.3 Å². The van der Waals surface area contributed by atoms with Gasteiger partial charge in [0.05, 0.1) is 0 Å². The lowest BCUT2D eigenvalue weighted by atomic mass is 9.92. The quantitative estimate of drug-likeness (QED) is 0.262. The van der Waals surface area contributed by atoms with E-state index in [0.29, 0.717) is 22.9 Å². The molecule has 0 unspecified atom stereocenters. The average Bonchev–Trinajstić information content (AvgIpc) is 3.28. The molecule has 4 aromatic rings. The van der Waals surface area contributed by atoms with Crippen LogP contribution in [0.5, 0.6) is 0 Å². The van der Waals surface area contributed by atoms with Gasteiger partial charge >= 0.3 is 0 Å². The van der Waals surface area contributed by atoms with Crippen LogP contribution in [0, 0.1) is 13.8 Å². The van der Waals surface area contributed by atoms with E-state index in [0.717, 1.165) is 36.7 Å². The zero-order valence-corrected chi connectivity index (χ0v) is 23.4. The summed E-state index contributed by atoms with van der Waals surface area (Å²) >= 11 is 0. The van der Waals surface area contributed by atoms with Gasteiger partial charge in [-0.3, -0.25) is 4.57 Å². The Kier molecular flexibility index (Phi) is 7.37. The zero-order valence-electron chi connectivity index (χ0n) is 22.5. The van der Waals surface area contributed by atoms with Crippen LogP contribution in [0.25, 0.3) is 23.4 Å². The van der Waals surface area contributed by atoms with E-state index in [2.05, 4.69) is 53.7 Å². The number of nitrogens with zero attached hydrogens (tertiary/aromatic N) is 4. The Morgan fingerprint density at radius 1 is 1.00 bits per heavy atom. The molecule has 1 fully saturated rings. The van der Waals surface area contributed by atoms with Gasteiger partial charge in [0.25, 0.3) is 0 Å². The number of nitrogens with one attached hydrogen (secondary N) is 2. The highest BCUT2D eigenvalue weighted by Crippen LogP contribution is 2.35. The van der Waals surface area contributed by atoms with Crippen molar-refractivity contribution in [3.63, 3.8) is 0 Å². The van der Waals surface area contributed by atoms with E-state index in [1.807, 2.05) is 35.0 Å². The highest BCUT2D eigenvalue weighted by atomic mass is 31.2. The monoisotopic (exact) mass is 529 g/mol. The van der Waals surface area contributed by atoms with Gasteiger partial charge in [0.15, 0.2) is 17.0 Å². The smallest absolute Gasteiger partial charge is 0.227 e. The minimum Gasteiger partial charge on any atom is -0.351 e. The minimum absolute atomic E-state index is 0.273. The fraction of sp³-hybridized carbons (Fsp3) is 0.345. The van der Waals surface area contributed by atoms with Crippen molar-refractivity contribution in [1.82, 2.24) is 19.5 Å². The predicted octanol–water partition coefficient (Wildman–Crippen LogP) is 5.74. The van der Waals surface area contributed by atoms with E-state index in [9.17, 15) is 4.57 Å². The second kappa shape index (κ2) is 10.7. The number of anilines is 3. The lowest BCUT2D eigenvalue weighted by molar-refractivity contribution is 0.410. The molecule has 198 valence electrons. The molecule has 0 aliphatic heterocycles. The van der Waals surface area contributed by atoms with Gasteiger partial charge in [-0.05, 0) is 99.9 Å². The summed E-state index contributed by atoms with van der Waals surface area (Å²) in [7, 11) is -2.33. The van der Waals surface area contributed by atoms with Gasteiger partial charge in [-0.15, -0.1) is 0 Å². The molecule has 1 aliphatic rings. The number of aryl methyl sites for hydroxylation is 2. The van der Waals surface area contributed by atoms with E-state index in [1.165, 1.54) is 16.7 Å². The van der Waals surface area contributed by atoms with E-state index in [-0.39, 0.29) is 12.1 Å². The molecule has 1 saturated carbocycles. The van der Waals surface area contributed by atoms with E-state index in [4.69, 9.17) is 15.7 Å². The molecule has 0 radical (unpaired) electrons. The fourth-order valence-corrected chi connectivity index (χ4v) is 5.78. The first-order chi connectivity index (χ1) is 18.2. The molecule has 8 nitrogen and oxygen atoms in total. The Morgan fingerprint density at radius 3 is 2.34 bits per heavy atom. The van der Waals surface area contributed by atoms with Crippen molar-refractivity contribution in [1.29, 1.82) is 0 Å². The van der Waals surface area contributed by atoms with Crippen LogP contribution in [0.3, 0.4) is 0 Å². The third kappa shape index (κ3) is 5.82. The maximum atomic E-state index is 12.4. The first-order valence-electron chi connectivity index (χ1n) is 13.1. The molecule has 0 bridgehead atoms. The lowest BCUT2D eigenvalue weighted by Gasteiger charge is -2.26. The second-order valence-electron chi connectivity index (χ2n) is 10.6. The van der Waals surface area contributed by atoms with Gasteiger partial charge in [-0.25, -0.2) is 4.98 Å². The van der Waals surface area contributed by atoms with Gasteiger partial charge in [0.2, 0.25) is 5.95 Å². The standard InChI is InChI=1S/C29H36N7OP/c1-19-6-5-7-20(2)25(19)16-17-36-18-31-26-27(32-22-12-14-24(15-13-22)38(3,4)37)34-29(35-28(26)36)33-23-10-8-21(30)9-11-23/h5-7,12-18,21,23H,8-11,30H2,1-4H3,(H2,32,33,34,35). The lowest BCUT2D eigenvalue weighted by Crippen LogP contribution is -2.33. The largest absolute Gasteiger partial charge is 0.351 e. The minimum atomic E-state index is -2.33. The predicted molar refractivity (Wildman–Crippen MR) is 159 cm³/mol.